The smallest absolute Gasteiger partial charge is 0.309 e. The van der Waals surface area contributed by atoms with E-state index in [9.17, 15) is 10.1 Å². The number of hydrogen-bond donors (Lipinski definition) is 1. The van der Waals surface area contributed by atoms with E-state index in [-0.39, 0.29) is 17.9 Å². The summed E-state index contributed by atoms with van der Waals surface area (Å²) >= 11 is 0. The molecule has 0 amide bonds. The highest BCUT2D eigenvalue weighted by Crippen LogP contribution is 2.30. The molecule has 0 saturated heterocycles. The molecule has 1 aromatic carbocycles. The first-order chi connectivity index (χ1) is 10.8. The van der Waals surface area contributed by atoms with Crippen LogP contribution in [-0.4, -0.2) is 22.9 Å². The van der Waals surface area contributed by atoms with Crippen LogP contribution >= 0.6 is 0 Å². The van der Waals surface area contributed by atoms with Crippen LogP contribution in [-0.2, 0) is 21.5 Å². The van der Waals surface area contributed by atoms with E-state index in [2.05, 4.69) is 15.9 Å². The number of methoxy groups -OCH3 is 1. The third-order valence-electron chi connectivity index (χ3n) is 3.47. The van der Waals surface area contributed by atoms with Crippen molar-refractivity contribution in [3.05, 3.63) is 35.4 Å². The van der Waals surface area contributed by atoms with Crippen LogP contribution in [0.3, 0.4) is 0 Å². The number of ether oxygens (including phenoxy) is 1. The van der Waals surface area contributed by atoms with E-state index >= 15 is 0 Å². The minimum Gasteiger partial charge on any atom is -0.469 e. The lowest BCUT2D eigenvalue weighted by molar-refractivity contribution is -0.139. The summed E-state index contributed by atoms with van der Waals surface area (Å²) in [5.74, 6) is 0.0605. The number of nitrogen functional groups attached to an aromatic ring is 1. The lowest BCUT2D eigenvalue weighted by Crippen LogP contribution is -2.24. The molecule has 0 atom stereocenters. The first-order valence-corrected chi connectivity index (χ1v) is 7.23. The molecule has 2 aromatic rings. The highest BCUT2D eigenvalue weighted by Gasteiger charge is 2.24. The van der Waals surface area contributed by atoms with Crippen molar-refractivity contribution in [1.29, 1.82) is 5.26 Å². The normalized spacial score (nSPS) is 11.1. The third-order valence-corrected chi connectivity index (χ3v) is 3.47. The summed E-state index contributed by atoms with van der Waals surface area (Å²) in [5, 5.41) is 13.9. The molecule has 120 valence electrons. The van der Waals surface area contributed by atoms with Crippen LogP contribution < -0.4 is 5.73 Å². The molecule has 0 spiro atoms. The average Bonchev–Trinajstić information content (AvgIpc) is 2.84. The van der Waals surface area contributed by atoms with Crippen molar-refractivity contribution in [3.63, 3.8) is 0 Å². The van der Waals surface area contributed by atoms with Gasteiger partial charge in [0.05, 0.1) is 19.1 Å². The van der Waals surface area contributed by atoms with Gasteiger partial charge in [0.1, 0.15) is 23.1 Å². The van der Waals surface area contributed by atoms with Crippen molar-refractivity contribution in [3.8, 4) is 17.3 Å². The Morgan fingerprint density at radius 1 is 1.35 bits per heavy atom. The highest BCUT2D eigenvalue weighted by atomic mass is 16.5. The van der Waals surface area contributed by atoms with Gasteiger partial charge < -0.3 is 10.5 Å². The van der Waals surface area contributed by atoms with E-state index in [0.717, 1.165) is 11.1 Å². The zero-order valence-corrected chi connectivity index (χ0v) is 13.8. The second-order valence-corrected chi connectivity index (χ2v) is 6.25. The van der Waals surface area contributed by atoms with Gasteiger partial charge in [0.2, 0.25) is 0 Å². The second kappa shape index (κ2) is 6.13. The minimum absolute atomic E-state index is 0.209. The van der Waals surface area contributed by atoms with Crippen molar-refractivity contribution in [2.45, 2.75) is 32.7 Å². The largest absolute Gasteiger partial charge is 0.469 e. The molecule has 0 aliphatic carbocycles. The fourth-order valence-electron chi connectivity index (χ4n) is 2.27. The Hall–Kier alpha value is -2.81. The van der Waals surface area contributed by atoms with Crippen LogP contribution in [0.15, 0.2) is 24.3 Å². The number of hydrogen-bond acceptors (Lipinski definition) is 5. The maximum Gasteiger partial charge on any atom is 0.309 e. The number of nitrogens with zero attached hydrogens (tertiary/aromatic N) is 3. The fraction of sp³-hybridized carbons (Fsp3) is 0.353. The summed E-state index contributed by atoms with van der Waals surface area (Å²) < 4.78 is 6.30. The van der Waals surface area contributed by atoms with Crippen LogP contribution in [0.25, 0.3) is 11.3 Å². The predicted octanol–water partition coefficient (Wildman–Crippen LogP) is 2.47. The summed E-state index contributed by atoms with van der Waals surface area (Å²) in [6, 6.07) is 9.42. The molecule has 6 heteroatoms. The Bertz CT molecular complexity index is 762. The summed E-state index contributed by atoms with van der Waals surface area (Å²) in [6.45, 7) is 5.92. The van der Waals surface area contributed by atoms with E-state index in [0.29, 0.717) is 17.1 Å². The number of nitrogens with two attached hydrogens (primary N) is 1. The summed E-state index contributed by atoms with van der Waals surface area (Å²) in [6.07, 6.45) is 0.209. The van der Waals surface area contributed by atoms with Crippen molar-refractivity contribution >= 4 is 11.8 Å². The molecule has 6 nitrogen and oxygen atoms in total. The van der Waals surface area contributed by atoms with Gasteiger partial charge in [0.25, 0.3) is 0 Å². The Morgan fingerprint density at radius 2 is 1.96 bits per heavy atom. The quantitative estimate of drug-likeness (QED) is 0.879. The van der Waals surface area contributed by atoms with Gasteiger partial charge in [-0.1, -0.05) is 24.3 Å². The minimum atomic E-state index is -0.321. The van der Waals surface area contributed by atoms with E-state index < -0.39 is 0 Å². The number of esters is 1. The van der Waals surface area contributed by atoms with Crippen molar-refractivity contribution < 1.29 is 9.53 Å². The topological polar surface area (TPSA) is 93.9 Å². The van der Waals surface area contributed by atoms with Gasteiger partial charge in [0, 0.05) is 5.56 Å². The summed E-state index contributed by atoms with van der Waals surface area (Å²) in [5.41, 5.74) is 8.27. The molecule has 0 aliphatic heterocycles. The molecule has 2 rings (SSSR count). The number of anilines is 1. The SMILES string of the molecule is COC(=O)Cc1ccc(-c2nn(C(C)(C)C)c(N)c2C#N)cc1. The molecule has 0 radical (unpaired) electrons. The standard InChI is InChI=1S/C17H20N4O2/c1-17(2,3)21-16(19)13(10-18)15(20-21)12-7-5-11(6-8-12)9-14(22)23-4/h5-8H,9,19H2,1-4H3. The van der Waals surface area contributed by atoms with Crippen LogP contribution in [0, 0.1) is 11.3 Å². The average molecular weight is 312 g/mol. The zero-order chi connectivity index (χ0) is 17.2. The Balaban J connectivity index is 2.43. The van der Waals surface area contributed by atoms with Crippen LogP contribution in [0.1, 0.15) is 31.9 Å². The summed E-state index contributed by atoms with van der Waals surface area (Å²) in [4.78, 5) is 11.3. The van der Waals surface area contributed by atoms with Crippen LogP contribution in [0.5, 0.6) is 0 Å². The maximum absolute atomic E-state index is 11.3. The van der Waals surface area contributed by atoms with Crippen molar-refractivity contribution in [1.82, 2.24) is 9.78 Å². The molecular weight excluding hydrogens is 292 g/mol. The molecule has 0 fully saturated rings. The van der Waals surface area contributed by atoms with Crippen LogP contribution in [0.4, 0.5) is 5.82 Å². The van der Waals surface area contributed by atoms with Gasteiger partial charge in [0.15, 0.2) is 0 Å². The number of aromatic nitrogens is 2. The lowest BCUT2D eigenvalue weighted by Gasteiger charge is -2.20. The Labute approximate surface area is 135 Å². The first-order valence-electron chi connectivity index (χ1n) is 7.23. The van der Waals surface area contributed by atoms with E-state index in [1.807, 2.05) is 45.0 Å². The first kappa shape index (κ1) is 16.6. The van der Waals surface area contributed by atoms with Gasteiger partial charge in [-0.3, -0.25) is 4.79 Å². The number of carbonyl (C=O) groups excluding carboxylic acids is 1. The number of benzene rings is 1. The highest BCUT2D eigenvalue weighted by molar-refractivity contribution is 5.75. The molecule has 23 heavy (non-hydrogen) atoms. The second-order valence-electron chi connectivity index (χ2n) is 6.25. The zero-order valence-electron chi connectivity index (χ0n) is 13.8. The van der Waals surface area contributed by atoms with E-state index in [1.54, 1.807) is 4.68 Å². The van der Waals surface area contributed by atoms with Crippen molar-refractivity contribution in [2.24, 2.45) is 0 Å². The lowest BCUT2D eigenvalue weighted by atomic mass is 10.0. The monoisotopic (exact) mass is 312 g/mol. The maximum atomic E-state index is 11.3. The van der Waals surface area contributed by atoms with E-state index in [4.69, 9.17) is 5.73 Å². The van der Waals surface area contributed by atoms with Gasteiger partial charge in [-0.05, 0) is 26.3 Å². The van der Waals surface area contributed by atoms with E-state index in [1.165, 1.54) is 7.11 Å². The number of carbonyl (C=O) groups is 1. The van der Waals surface area contributed by atoms with Crippen molar-refractivity contribution in [2.75, 3.05) is 12.8 Å². The predicted molar refractivity (Wildman–Crippen MR) is 87.5 cm³/mol. The number of nitriles is 1. The molecule has 0 saturated carbocycles. The molecule has 2 N–H and O–H groups in total. The molecule has 0 unspecified atom stereocenters. The van der Waals surface area contributed by atoms with Gasteiger partial charge >= 0.3 is 5.97 Å². The number of rotatable bonds is 3. The molecule has 0 aliphatic rings. The molecule has 1 heterocycles. The third kappa shape index (κ3) is 3.34. The van der Waals surface area contributed by atoms with Gasteiger partial charge in [-0.15, -0.1) is 0 Å². The Kier molecular flexibility index (Phi) is 4.41. The summed E-state index contributed by atoms with van der Waals surface area (Å²) in [7, 11) is 1.36. The molecular formula is C17H20N4O2. The molecule has 1 aromatic heterocycles. The Morgan fingerprint density at radius 3 is 2.43 bits per heavy atom. The van der Waals surface area contributed by atoms with Gasteiger partial charge in [-0.25, -0.2) is 4.68 Å². The van der Waals surface area contributed by atoms with Gasteiger partial charge in [-0.2, -0.15) is 10.4 Å². The fourth-order valence-corrected chi connectivity index (χ4v) is 2.27. The van der Waals surface area contributed by atoms with Crippen LogP contribution in [0.2, 0.25) is 0 Å². The molecule has 0 bridgehead atoms.